The second kappa shape index (κ2) is 5.41. The average Bonchev–Trinajstić information content (AvgIpc) is 1.87. The SMILES string of the molecule is C#CCCCP(C)(=O)OCC. The van der Waals surface area contributed by atoms with Crippen molar-refractivity contribution in [1.29, 1.82) is 0 Å². The monoisotopic (exact) mass is 174 g/mol. The highest BCUT2D eigenvalue weighted by atomic mass is 31.2. The molecular formula is C8H15O2P. The summed E-state index contributed by atoms with van der Waals surface area (Å²) in [6.45, 7) is 4.02. The normalized spacial score (nSPS) is 15.4. The highest BCUT2D eigenvalue weighted by Gasteiger charge is 2.12. The van der Waals surface area contributed by atoms with E-state index in [4.69, 9.17) is 10.9 Å². The van der Waals surface area contributed by atoms with Crippen LogP contribution in [0.15, 0.2) is 0 Å². The van der Waals surface area contributed by atoms with Crippen molar-refractivity contribution in [1.82, 2.24) is 0 Å². The lowest BCUT2D eigenvalue weighted by Crippen LogP contribution is -1.93. The summed E-state index contributed by atoms with van der Waals surface area (Å²) in [5.74, 6) is 2.51. The molecule has 0 aliphatic carbocycles. The third-order valence-electron chi connectivity index (χ3n) is 1.29. The van der Waals surface area contributed by atoms with Crippen LogP contribution in [0, 0.1) is 12.3 Å². The molecule has 3 heteroatoms. The second-order valence-electron chi connectivity index (χ2n) is 2.46. The summed E-state index contributed by atoms with van der Waals surface area (Å²) in [5, 5.41) is 0. The Morgan fingerprint density at radius 2 is 2.27 bits per heavy atom. The van der Waals surface area contributed by atoms with E-state index in [1.54, 1.807) is 6.66 Å². The molecule has 0 bridgehead atoms. The lowest BCUT2D eigenvalue weighted by molar-refractivity contribution is 0.336. The third kappa shape index (κ3) is 6.16. The molecular weight excluding hydrogens is 159 g/mol. The Morgan fingerprint density at radius 3 is 2.73 bits per heavy atom. The van der Waals surface area contributed by atoms with Crippen LogP contribution in [0.5, 0.6) is 0 Å². The van der Waals surface area contributed by atoms with Crippen molar-refractivity contribution in [3.8, 4) is 12.3 Å². The van der Waals surface area contributed by atoms with Crippen molar-refractivity contribution in [3.63, 3.8) is 0 Å². The molecule has 0 aromatic carbocycles. The summed E-state index contributed by atoms with van der Waals surface area (Å²) >= 11 is 0. The minimum atomic E-state index is -2.32. The van der Waals surface area contributed by atoms with Gasteiger partial charge >= 0.3 is 0 Å². The molecule has 64 valence electrons. The van der Waals surface area contributed by atoms with Gasteiger partial charge in [0.05, 0.1) is 6.61 Å². The van der Waals surface area contributed by atoms with Gasteiger partial charge in [-0.25, -0.2) is 0 Å². The van der Waals surface area contributed by atoms with Crippen LogP contribution >= 0.6 is 7.37 Å². The molecule has 0 fully saturated rings. The van der Waals surface area contributed by atoms with Crippen LogP contribution in [0.3, 0.4) is 0 Å². The molecule has 1 atom stereocenters. The van der Waals surface area contributed by atoms with E-state index in [1.165, 1.54) is 0 Å². The first-order valence-corrected chi connectivity index (χ1v) is 6.02. The molecule has 0 aliphatic rings. The molecule has 0 aliphatic heterocycles. The maximum atomic E-state index is 11.4. The van der Waals surface area contributed by atoms with E-state index in [2.05, 4.69) is 5.92 Å². The topological polar surface area (TPSA) is 26.3 Å². The lowest BCUT2D eigenvalue weighted by atomic mass is 10.4. The zero-order valence-corrected chi connectivity index (χ0v) is 8.06. The Bertz CT molecular complexity index is 181. The van der Waals surface area contributed by atoms with Crippen LogP contribution in [-0.2, 0) is 9.09 Å². The summed E-state index contributed by atoms with van der Waals surface area (Å²) in [6, 6.07) is 0. The van der Waals surface area contributed by atoms with Gasteiger partial charge in [0, 0.05) is 19.2 Å². The zero-order chi connectivity index (χ0) is 8.74. The molecule has 0 saturated carbocycles. The zero-order valence-electron chi connectivity index (χ0n) is 7.17. The fourth-order valence-corrected chi connectivity index (χ4v) is 2.21. The third-order valence-corrected chi connectivity index (χ3v) is 3.22. The average molecular weight is 174 g/mol. The molecule has 0 radical (unpaired) electrons. The summed E-state index contributed by atoms with van der Waals surface area (Å²) < 4.78 is 16.5. The molecule has 2 nitrogen and oxygen atoms in total. The highest BCUT2D eigenvalue weighted by Crippen LogP contribution is 2.42. The molecule has 0 aromatic heterocycles. The fourth-order valence-electron chi connectivity index (χ4n) is 0.806. The Kier molecular flexibility index (Phi) is 5.28. The minimum absolute atomic E-state index is 0.518. The molecule has 0 spiro atoms. The smallest absolute Gasteiger partial charge is 0.200 e. The molecule has 0 amide bonds. The number of unbranched alkanes of at least 4 members (excludes halogenated alkanes) is 1. The van der Waals surface area contributed by atoms with Gasteiger partial charge in [0.1, 0.15) is 0 Å². The second-order valence-corrected chi connectivity index (χ2v) is 5.20. The predicted octanol–water partition coefficient (Wildman–Crippen LogP) is 2.34. The Morgan fingerprint density at radius 1 is 1.64 bits per heavy atom. The van der Waals surface area contributed by atoms with Gasteiger partial charge in [-0.15, -0.1) is 12.3 Å². The first-order valence-electron chi connectivity index (χ1n) is 3.77. The van der Waals surface area contributed by atoms with E-state index in [-0.39, 0.29) is 0 Å². The Balaban J connectivity index is 3.57. The largest absolute Gasteiger partial charge is 0.329 e. The fraction of sp³-hybridized carbons (Fsp3) is 0.750. The molecule has 0 heterocycles. The van der Waals surface area contributed by atoms with Crippen molar-refractivity contribution in [2.75, 3.05) is 19.4 Å². The van der Waals surface area contributed by atoms with Crippen LogP contribution in [0.2, 0.25) is 0 Å². The van der Waals surface area contributed by atoms with Crippen LogP contribution in [0.4, 0.5) is 0 Å². The van der Waals surface area contributed by atoms with Gasteiger partial charge in [0.2, 0.25) is 0 Å². The van der Waals surface area contributed by atoms with E-state index >= 15 is 0 Å². The van der Waals surface area contributed by atoms with Crippen molar-refractivity contribution in [3.05, 3.63) is 0 Å². The molecule has 1 unspecified atom stereocenters. The number of terminal acetylenes is 1. The molecule has 0 N–H and O–H groups in total. The highest BCUT2D eigenvalue weighted by molar-refractivity contribution is 7.58. The van der Waals surface area contributed by atoms with Crippen LogP contribution in [0.25, 0.3) is 0 Å². The number of rotatable bonds is 5. The van der Waals surface area contributed by atoms with E-state index in [9.17, 15) is 4.57 Å². The number of hydrogen-bond donors (Lipinski definition) is 0. The lowest BCUT2D eigenvalue weighted by Gasteiger charge is -2.10. The summed E-state index contributed by atoms with van der Waals surface area (Å²) in [7, 11) is -2.32. The van der Waals surface area contributed by atoms with E-state index in [0.717, 1.165) is 6.42 Å². The first kappa shape index (κ1) is 10.8. The molecule has 11 heavy (non-hydrogen) atoms. The number of hydrogen-bond acceptors (Lipinski definition) is 2. The maximum absolute atomic E-state index is 11.4. The summed E-state index contributed by atoms with van der Waals surface area (Å²) in [4.78, 5) is 0. The first-order chi connectivity index (χ1) is 5.12. The van der Waals surface area contributed by atoms with Crippen LogP contribution in [-0.4, -0.2) is 19.4 Å². The van der Waals surface area contributed by atoms with Crippen molar-refractivity contribution < 1.29 is 9.09 Å². The summed E-state index contributed by atoms with van der Waals surface area (Å²) in [6.07, 6.45) is 7.13. The molecule has 0 rings (SSSR count). The Labute approximate surface area is 68.8 Å². The van der Waals surface area contributed by atoms with Crippen LogP contribution in [0.1, 0.15) is 19.8 Å². The molecule has 0 saturated heterocycles. The van der Waals surface area contributed by atoms with E-state index in [0.29, 0.717) is 19.2 Å². The van der Waals surface area contributed by atoms with Crippen molar-refractivity contribution >= 4 is 7.37 Å². The van der Waals surface area contributed by atoms with Gasteiger partial charge in [-0.05, 0) is 13.3 Å². The van der Waals surface area contributed by atoms with E-state index < -0.39 is 7.37 Å². The maximum Gasteiger partial charge on any atom is 0.200 e. The van der Waals surface area contributed by atoms with Gasteiger partial charge in [-0.3, -0.25) is 4.57 Å². The summed E-state index contributed by atoms with van der Waals surface area (Å²) in [5.41, 5.74) is 0. The van der Waals surface area contributed by atoms with Gasteiger partial charge < -0.3 is 4.52 Å². The van der Waals surface area contributed by atoms with Gasteiger partial charge in [0.25, 0.3) is 0 Å². The molecule has 0 aromatic rings. The predicted molar refractivity (Wildman–Crippen MR) is 48.1 cm³/mol. The van der Waals surface area contributed by atoms with Gasteiger partial charge in [0.15, 0.2) is 7.37 Å². The standard InChI is InChI=1S/C8H15O2P/c1-4-6-7-8-11(3,9)10-5-2/h1H,5-8H2,2-3H3. The van der Waals surface area contributed by atoms with Crippen molar-refractivity contribution in [2.24, 2.45) is 0 Å². The van der Waals surface area contributed by atoms with Crippen molar-refractivity contribution in [2.45, 2.75) is 19.8 Å². The minimum Gasteiger partial charge on any atom is -0.329 e. The van der Waals surface area contributed by atoms with Gasteiger partial charge in [-0.1, -0.05) is 0 Å². The van der Waals surface area contributed by atoms with Crippen LogP contribution < -0.4 is 0 Å². The van der Waals surface area contributed by atoms with E-state index in [1.807, 2.05) is 6.92 Å². The van der Waals surface area contributed by atoms with Gasteiger partial charge in [-0.2, -0.15) is 0 Å². The Hall–Kier alpha value is -0.250. The quantitative estimate of drug-likeness (QED) is 0.363.